The topological polar surface area (TPSA) is 52.2 Å². The number of likely N-dealkylation sites (N-methyl/N-ethyl adjacent to an activating group) is 2. The molecule has 0 spiro atoms. The van der Waals surface area contributed by atoms with E-state index >= 15 is 0 Å². The minimum atomic E-state index is -0.00178. The highest BCUT2D eigenvalue weighted by Crippen LogP contribution is 2.41. The summed E-state index contributed by atoms with van der Waals surface area (Å²) in [5.41, 5.74) is 7.91. The molecule has 5 nitrogen and oxygen atoms in total. The van der Waals surface area contributed by atoms with Crippen LogP contribution in [0.4, 0.5) is 5.69 Å². The Labute approximate surface area is 212 Å². The first-order chi connectivity index (χ1) is 16.8. The SMILES string of the molecule is C=CC(=O)Cc1cc(-c2c(-c3ccc(N(C)CCN(C)C)cc3)[nH]c3nccc(Cl)c23)ccc1C. The molecule has 0 fully saturated rings. The van der Waals surface area contributed by atoms with E-state index < -0.39 is 0 Å². The normalized spacial score (nSPS) is 11.3. The maximum absolute atomic E-state index is 12.1. The van der Waals surface area contributed by atoms with Gasteiger partial charge in [0.25, 0.3) is 0 Å². The Morgan fingerprint density at radius 1 is 1.06 bits per heavy atom. The van der Waals surface area contributed by atoms with Gasteiger partial charge in [-0.15, -0.1) is 0 Å². The van der Waals surface area contributed by atoms with Gasteiger partial charge in [0, 0.05) is 49.4 Å². The summed E-state index contributed by atoms with van der Waals surface area (Å²) in [5.74, 6) is -0.00178. The van der Waals surface area contributed by atoms with Crippen LogP contribution < -0.4 is 4.90 Å². The van der Waals surface area contributed by atoms with Crippen molar-refractivity contribution in [3.63, 3.8) is 0 Å². The first-order valence-corrected chi connectivity index (χ1v) is 12.0. The zero-order chi connectivity index (χ0) is 25.1. The molecule has 0 atom stereocenters. The van der Waals surface area contributed by atoms with Crippen LogP contribution in [-0.4, -0.2) is 54.9 Å². The van der Waals surface area contributed by atoms with Gasteiger partial charge >= 0.3 is 0 Å². The zero-order valence-corrected chi connectivity index (χ0v) is 21.5. The van der Waals surface area contributed by atoms with Gasteiger partial charge in [0.1, 0.15) is 5.65 Å². The molecular formula is C29H31ClN4O. The molecule has 180 valence electrons. The molecule has 0 saturated carbocycles. The van der Waals surface area contributed by atoms with Gasteiger partial charge in [0.15, 0.2) is 5.78 Å². The third-order valence-corrected chi connectivity index (χ3v) is 6.67. The molecule has 2 aromatic carbocycles. The van der Waals surface area contributed by atoms with Crippen molar-refractivity contribution in [2.75, 3.05) is 39.1 Å². The summed E-state index contributed by atoms with van der Waals surface area (Å²) in [5, 5.41) is 1.51. The van der Waals surface area contributed by atoms with E-state index in [1.165, 1.54) is 6.08 Å². The summed E-state index contributed by atoms with van der Waals surface area (Å²) < 4.78 is 0. The molecule has 35 heavy (non-hydrogen) atoms. The van der Waals surface area contributed by atoms with Crippen molar-refractivity contribution in [2.45, 2.75) is 13.3 Å². The van der Waals surface area contributed by atoms with Gasteiger partial charge in [-0.05, 0) is 67.5 Å². The van der Waals surface area contributed by atoms with Crippen molar-refractivity contribution in [1.82, 2.24) is 14.9 Å². The standard InChI is InChI=1S/C29H31ClN4O/c1-6-24(35)18-22-17-21(8-7-19(22)2)26-27-25(30)13-14-31-29(27)32-28(26)20-9-11-23(12-10-20)34(5)16-15-33(3)4/h6-14,17H,1,15-16,18H2,2-5H3,(H,31,32). The lowest BCUT2D eigenvalue weighted by molar-refractivity contribution is -0.114. The number of rotatable bonds is 9. The molecule has 2 aromatic heterocycles. The number of carbonyl (C=O) groups is 1. The number of benzene rings is 2. The third kappa shape index (κ3) is 5.31. The number of hydrogen-bond acceptors (Lipinski definition) is 4. The van der Waals surface area contributed by atoms with E-state index in [1.54, 1.807) is 6.20 Å². The highest BCUT2D eigenvalue weighted by Gasteiger charge is 2.19. The number of carbonyl (C=O) groups excluding carboxylic acids is 1. The Hall–Kier alpha value is -3.41. The van der Waals surface area contributed by atoms with Crippen molar-refractivity contribution < 1.29 is 4.79 Å². The quantitative estimate of drug-likeness (QED) is 0.288. The number of anilines is 1. The van der Waals surface area contributed by atoms with Crippen LogP contribution >= 0.6 is 11.6 Å². The highest BCUT2D eigenvalue weighted by atomic mass is 35.5. The molecule has 0 aliphatic carbocycles. The fourth-order valence-corrected chi connectivity index (χ4v) is 4.46. The van der Waals surface area contributed by atoms with Crippen molar-refractivity contribution >= 4 is 34.1 Å². The predicted octanol–water partition coefficient (Wildman–Crippen LogP) is 6.15. The van der Waals surface area contributed by atoms with E-state index in [0.717, 1.165) is 63.3 Å². The van der Waals surface area contributed by atoms with E-state index in [1.807, 2.05) is 13.0 Å². The van der Waals surface area contributed by atoms with Crippen LogP contribution in [0.5, 0.6) is 0 Å². The first kappa shape index (κ1) is 24.7. The highest BCUT2D eigenvalue weighted by molar-refractivity contribution is 6.36. The van der Waals surface area contributed by atoms with Gasteiger partial charge in [-0.3, -0.25) is 4.79 Å². The van der Waals surface area contributed by atoms with Crippen LogP contribution in [0.1, 0.15) is 11.1 Å². The van der Waals surface area contributed by atoms with Crippen LogP contribution in [-0.2, 0) is 11.2 Å². The van der Waals surface area contributed by atoms with Crippen molar-refractivity contribution in [1.29, 1.82) is 0 Å². The number of halogens is 1. The molecule has 6 heteroatoms. The summed E-state index contributed by atoms with van der Waals surface area (Å²) in [7, 11) is 6.27. The second-order valence-electron chi connectivity index (χ2n) is 9.15. The van der Waals surface area contributed by atoms with E-state index in [-0.39, 0.29) is 5.78 Å². The van der Waals surface area contributed by atoms with Crippen molar-refractivity contribution in [3.05, 3.63) is 83.5 Å². The fraction of sp³-hybridized carbons (Fsp3) is 0.241. The Balaban J connectivity index is 1.81. The summed E-state index contributed by atoms with van der Waals surface area (Å²) >= 11 is 6.68. The summed E-state index contributed by atoms with van der Waals surface area (Å²) in [6.07, 6.45) is 3.41. The molecule has 4 aromatic rings. The Morgan fingerprint density at radius 3 is 2.46 bits per heavy atom. The molecule has 0 unspecified atom stereocenters. The second-order valence-corrected chi connectivity index (χ2v) is 9.56. The van der Waals surface area contributed by atoms with E-state index in [9.17, 15) is 4.79 Å². The number of hydrogen-bond donors (Lipinski definition) is 1. The predicted molar refractivity (Wildman–Crippen MR) is 147 cm³/mol. The molecule has 0 amide bonds. The molecule has 1 N–H and O–H groups in total. The number of nitrogens with zero attached hydrogens (tertiary/aromatic N) is 3. The minimum Gasteiger partial charge on any atom is -0.373 e. The molecule has 2 heterocycles. The number of H-pyrrole nitrogens is 1. The first-order valence-electron chi connectivity index (χ1n) is 11.7. The molecule has 4 rings (SSSR count). The number of ketones is 1. The van der Waals surface area contributed by atoms with E-state index in [2.05, 4.69) is 90.0 Å². The lowest BCUT2D eigenvalue weighted by Crippen LogP contribution is -2.28. The summed E-state index contributed by atoms with van der Waals surface area (Å²) in [6.45, 7) is 7.57. The smallest absolute Gasteiger partial charge is 0.159 e. The number of allylic oxidation sites excluding steroid dienone is 1. The van der Waals surface area contributed by atoms with Gasteiger partial charge in [0.05, 0.1) is 10.7 Å². The monoisotopic (exact) mass is 486 g/mol. The molecule has 0 radical (unpaired) electrons. The van der Waals surface area contributed by atoms with E-state index in [0.29, 0.717) is 11.4 Å². The van der Waals surface area contributed by atoms with Crippen LogP contribution in [0.15, 0.2) is 67.4 Å². The third-order valence-electron chi connectivity index (χ3n) is 6.35. The number of aryl methyl sites for hydroxylation is 1. The van der Waals surface area contributed by atoms with Crippen LogP contribution in [0.3, 0.4) is 0 Å². The maximum Gasteiger partial charge on any atom is 0.159 e. The number of pyridine rings is 1. The largest absolute Gasteiger partial charge is 0.373 e. The molecule has 0 aliphatic rings. The van der Waals surface area contributed by atoms with Gasteiger partial charge in [-0.1, -0.05) is 48.5 Å². The Kier molecular flexibility index (Phi) is 7.39. The zero-order valence-electron chi connectivity index (χ0n) is 20.7. The summed E-state index contributed by atoms with van der Waals surface area (Å²) in [4.78, 5) is 24.6. The minimum absolute atomic E-state index is 0.00178. The molecule has 0 aliphatic heterocycles. The number of nitrogens with one attached hydrogen (secondary N) is 1. The molecule has 0 bridgehead atoms. The van der Waals surface area contributed by atoms with Gasteiger partial charge in [-0.25, -0.2) is 4.98 Å². The van der Waals surface area contributed by atoms with E-state index in [4.69, 9.17) is 11.6 Å². The van der Waals surface area contributed by atoms with Gasteiger partial charge in [-0.2, -0.15) is 0 Å². The summed E-state index contributed by atoms with van der Waals surface area (Å²) in [6, 6.07) is 16.5. The van der Waals surface area contributed by atoms with Gasteiger partial charge in [0.2, 0.25) is 0 Å². The van der Waals surface area contributed by atoms with Crippen LogP contribution in [0.25, 0.3) is 33.4 Å². The fourth-order valence-electron chi connectivity index (χ4n) is 4.22. The van der Waals surface area contributed by atoms with Crippen molar-refractivity contribution in [2.24, 2.45) is 0 Å². The second kappa shape index (κ2) is 10.5. The number of aromatic amines is 1. The Bertz CT molecular complexity index is 1370. The Morgan fingerprint density at radius 2 is 1.77 bits per heavy atom. The number of aromatic nitrogens is 2. The lowest BCUT2D eigenvalue weighted by atomic mass is 9.94. The average Bonchev–Trinajstić information content (AvgIpc) is 3.25. The van der Waals surface area contributed by atoms with Gasteiger partial charge < -0.3 is 14.8 Å². The molecular weight excluding hydrogens is 456 g/mol. The lowest BCUT2D eigenvalue weighted by Gasteiger charge is -2.21. The maximum atomic E-state index is 12.1. The molecule has 0 saturated heterocycles. The average molecular weight is 487 g/mol. The number of fused-ring (bicyclic) bond motifs is 1. The van der Waals surface area contributed by atoms with Crippen LogP contribution in [0, 0.1) is 6.92 Å². The van der Waals surface area contributed by atoms with Crippen LogP contribution in [0.2, 0.25) is 5.02 Å². The van der Waals surface area contributed by atoms with Crippen molar-refractivity contribution in [3.8, 4) is 22.4 Å².